The van der Waals surface area contributed by atoms with Gasteiger partial charge in [-0.25, -0.2) is 0 Å². The molecule has 1 aromatic rings. The molecule has 0 aliphatic heterocycles. The highest BCUT2D eigenvalue weighted by Gasteiger charge is 2.33. The first-order valence-corrected chi connectivity index (χ1v) is 7.50. The van der Waals surface area contributed by atoms with Crippen LogP contribution in [-0.4, -0.2) is 18.0 Å². The highest BCUT2D eigenvalue weighted by molar-refractivity contribution is 5.92. The number of benzene rings is 1. The van der Waals surface area contributed by atoms with Gasteiger partial charge in [-0.05, 0) is 31.9 Å². The van der Waals surface area contributed by atoms with Crippen LogP contribution in [0.2, 0.25) is 0 Å². The zero-order valence-electron chi connectivity index (χ0n) is 13.1. The first-order valence-electron chi connectivity index (χ1n) is 7.50. The second-order valence-corrected chi connectivity index (χ2v) is 5.38. The van der Waals surface area contributed by atoms with Gasteiger partial charge in [0.25, 0.3) is 0 Å². The Hall–Kier alpha value is -1.56. The Labute approximate surface area is 129 Å². The van der Waals surface area contributed by atoms with E-state index in [9.17, 15) is 18.0 Å². The fraction of sp³-hybridized carbons (Fsp3) is 0.562. The molecule has 1 aromatic carbocycles. The summed E-state index contributed by atoms with van der Waals surface area (Å²) in [6, 6.07) is 5.21. The van der Waals surface area contributed by atoms with Gasteiger partial charge in [0.2, 0.25) is 5.91 Å². The molecule has 0 heterocycles. The first kappa shape index (κ1) is 18.5. The molecule has 0 saturated carbocycles. The van der Waals surface area contributed by atoms with Crippen LogP contribution < -0.4 is 10.6 Å². The van der Waals surface area contributed by atoms with Crippen LogP contribution in [0.4, 0.5) is 18.9 Å². The molecule has 1 amide bonds. The minimum Gasteiger partial charge on any atom is -0.325 e. The molecule has 0 aromatic heterocycles. The van der Waals surface area contributed by atoms with Crippen molar-refractivity contribution in [3.05, 3.63) is 29.8 Å². The SMILES string of the molecule is CCC(CC)NC(C)CC(=O)Nc1ccccc1C(F)(F)F. The zero-order chi connectivity index (χ0) is 16.8. The quantitative estimate of drug-likeness (QED) is 0.791. The van der Waals surface area contributed by atoms with E-state index >= 15 is 0 Å². The maximum absolute atomic E-state index is 12.9. The molecule has 0 aliphatic carbocycles. The molecule has 1 unspecified atom stereocenters. The lowest BCUT2D eigenvalue weighted by atomic mass is 10.1. The van der Waals surface area contributed by atoms with Crippen LogP contribution in [0, 0.1) is 0 Å². The number of para-hydroxylation sites is 1. The van der Waals surface area contributed by atoms with E-state index in [4.69, 9.17) is 0 Å². The van der Waals surface area contributed by atoms with Gasteiger partial charge in [0, 0.05) is 18.5 Å². The summed E-state index contributed by atoms with van der Waals surface area (Å²) in [6.07, 6.45) is -2.47. The monoisotopic (exact) mass is 316 g/mol. The predicted octanol–water partition coefficient (Wildman–Crippen LogP) is 4.20. The van der Waals surface area contributed by atoms with Crippen molar-refractivity contribution < 1.29 is 18.0 Å². The van der Waals surface area contributed by atoms with E-state index in [0.29, 0.717) is 6.04 Å². The lowest BCUT2D eigenvalue weighted by Gasteiger charge is -2.21. The summed E-state index contributed by atoms with van der Waals surface area (Å²) < 4.78 is 38.6. The molecular weight excluding hydrogens is 293 g/mol. The van der Waals surface area contributed by atoms with E-state index in [-0.39, 0.29) is 18.2 Å². The summed E-state index contributed by atoms with van der Waals surface area (Å²) in [6.45, 7) is 5.95. The van der Waals surface area contributed by atoms with Gasteiger partial charge < -0.3 is 10.6 Å². The Morgan fingerprint density at radius 3 is 2.32 bits per heavy atom. The van der Waals surface area contributed by atoms with Gasteiger partial charge in [0.05, 0.1) is 11.3 Å². The molecule has 0 fully saturated rings. The highest BCUT2D eigenvalue weighted by atomic mass is 19.4. The normalized spacial score (nSPS) is 13.2. The third-order valence-electron chi connectivity index (χ3n) is 3.50. The maximum Gasteiger partial charge on any atom is 0.418 e. The van der Waals surface area contributed by atoms with Gasteiger partial charge in [-0.15, -0.1) is 0 Å². The Morgan fingerprint density at radius 1 is 1.18 bits per heavy atom. The second-order valence-electron chi connectivity index (χ2n) is 5.38. The van der Waals surface area contributed by atoms with Crippen LogP contribution in [0.5, 0.6) is 0 Å². The van der Waals surface area contributed by atoms with Crippen LogP contribution in [0.25, 0.3) is 0 Å². The molecule has 0 bridgehead atoms. The fourth-order valence-corrected chi connectivity index (χ4v) is 2.30. The number of carbonyl (C=O) groups is 1. The molecular formula is C16H23F3N2O. The van der Waals surface area contributed by atoms with E-state index < -0.39 is 17.6 Å². The van der Waals surface area contributed by atoms with Gasteiger partial charge in [-0.3, -0.25) is 4.79 Å². The van der Waals surface area contributed by atoms with E-state index in [1.165, 1.54) is 18.2 Å². The molecule has 0 aliphatic rings. The number of rotatable bonds is 7. The average Bonchev–Trinajstić information content (AvgIpc) is 2.44. The third kappa shape index (κ3) is 5.67. The van der Waals surface area contributed by atoms with Crippen LogP contribution in [0.15, 0.2) is 24.3 Å². The van der Waals surface area contributed by atoms with E-state index in [1.54, 1.807) is 0 Å². The summed E-state index contributed by atoms with van der Waals surface area (Å²) in [7, 11) is 0. The molecule has 3 nitrogen and oxygen atoms in total. The number of hydrogen-bond donors (Lipinski definition) is 2. The van der Waals surface area contributed by atoms with Crippen molar-refractivity contribution in [3.8, 4) is 0 Å². The molecule has 1 rings (SSSR count). The van der Waals surface area contributed by atoms with Crippen LogP contribution in [0.3, 0.4) is 0 Å². The van der Waals surface area contributed by atoms with Crippen molar-refractivity contribution in [1.29, 1.82) is 0 Å². The summed E-state index contributed by atoms with van der Waals surface area (Å²) in [5.74, 6) is -0.428. The van der Waals surface area contributed by atoms with Crippen molar-refractivity contribution in [2.24, 2.45) is 0 Å². The molecule has 22 heavy (non-hydrogen) atoms. The van der Waals surface area contributed by atoms with E-state index in [2.05, 4.69) is 10.6 Å². The molecule has 2 N–H and O–H groups in total. The lowest BCUT2D eigenvalue weighted by molar-refractivity contribution is -0.137. The number of carbonyl (C=O) groups excluding carboxylic acids is 1. The number of anilines is 1. The molecule has 124 valence electrons. The molecule has 1 atom stereocenters. The number of hydrogen-bond acceptors (Lipinski definition) is 2. The molecule has 6 heteroatoms. The lowest BCUT2D eigenvalue weighted by Crippen LogP contribution is -2.38. The van der Waals surface area contributed by atoms with Gasteiger partial charge >= 0.3 is 6.18 Å². The van der Waals surface area contributed by atoms with E-state index in [0.717, 1.165) is 18.9 Å². The van der Waals surface area contributed by atoms with Crippen LogP contribution in [0.1, 0.15) is 45.6 Å². The van der Waals surface area contributed by atoms with Crippen molar-refractivity contribution in [2.75, 3.05) is 5.32 Å². The van der Waals surface area contributed by atoms with E-state index in [1.807, 2.05) is 20.8 Å². The van der Waals surface area contributed by atoms with Gasteiger partial charge in [-0.2, -0.15) is 13.2 Å². The smallest absolute Gasteiger partial charge is 0.325 e. The predicted molar refractivity (Wildman–Crippen MR) is 81.7 cm³/mol. The van der Waals surface area contributed by atoms with Crippen LogP contribution >= 0.6 is 0 Å². The topological polar surface area (TPSA) is 41.1 Å². The minimum atomic E-state index is -4.48. The number of halogens is 3. The highest BCUT2D eigenvalue weighted by Crippen LogP contribution is 2.34. The van der Waals surface area contributed by atoms with Crippen molar-refractivity contribution in [2.45, 2.75) is 58.3 Å². The summed E-state index contributed by atoms with van der Waals surface area (Å²) >= 11 is 0. The summed E-state index contributed by atoms with van der Waals surface area (Å²) in [5, 5.41) is 5.65. The van der Waals surface area contributed by atoms with Gasteiger partial charge in [0.15, 0.2) is 0 Å². The van der Waals surface area contributed by atoms with Gasteiger partial charge in [0.1, 0.15) is 0 Å². The van der Waals surface area contributed by atoms with Crippen molar-refractivity contribution in [1.82, 2.24) is 5.32 Å². The minimum absolute atomic E-state index is 0.0945. The third-order valence-corrected chi connectivity index (χ3v) is 3.50. The molecule has 0 saturated heterocycles. The zero-order valence-corrected chi connectivity index (χ0v) is 13.1. The Morgan fingerprint density at radius 2 is 1.77 bits per heavy atom. The Kier molecular flexibility index (Phi) is 6.87. The Balaban J connectivity index is 2.66. The van der Waals surface area contributed by atoms with Crippen molar-refractivity contribution in [3.63, 3.8) is 0 Å². The largest absolute Gasteiger partial charge is 0.418 e. The second kappa shape index (κ2) is 8.17. The Bertz CT molecular complexity index is 485. The summed E-state index contributed by atoms with van der Waals surface area (Å²) in [5.41, 5.74) is -1.03. The molecule has 0 radical (unpaired) electrons. The first-order chi connectivity index (χ1) is 10.3. The van der Waals surface area contributed by atoms with Gasteiger partial charge in [-0.1, -0.05) is 26.0 Å². The van der Waals surface area contributed by atoms with Crippen LogP contribution in [-0.2, 0) is 11.0 Å². The fourth-order valence-electron chi connectivity index (χ4n) is 2.30. The van der Waals surface area contributed by atoms with Crippen molar-refractivity contribution >= 4 is 11.6 Å². The number of amides is 1. The maximum atomic E-state index is 12.9. The molecule has 0 spiro atoms. The average molecular weight is 316 g/mol. The number of alkyl halides is 3. The number of nitrogens with one attached hydrogen (secondary N) is 2. The summed E-state index contributed by atoms with van der Waals surface area (Å²) in [4.78, 5) is 11.9. The standard InChI is InChI=1S/C16H23F3N2O/c1-4-12(5-2)20-11(3)10-15(22)21-14-9-7-6-8-13(14)16(17,18)19/h6-9,11-12,20H,4-5,10H2,1-3H3,(H,21,22).